The fourth-order valence-corrected chi connectivity index (χ4v) is 3.69. The van der Waals surface area contributed by atoms with E-state index in [1.54, 1.807) is 16.8 Å². The number of fused-ring (bicyclic) bond motifs is 1. The molecule has 2 aromatic carbocycles. The summed E-state index contributed by atoms with van der Waals surface area (Å²) in [6.45, 7) is 0.196. The molecule has 4 rings (SSSR count). The van der Waals surface area contributed by atoms with Crippen molar-refractivity contribution in [2.24, 2.45) is 0 Å². The SMILES string of the molecule is O=C(COC(=O)c1nn(-c2ccc(F)cc2)c2c1CCCC2)NCCOc1ccccc1. The number of nitrogens with zero attached hydrogens (tertiary/aromatic N) is 2. The number of hydrogen-bond acceptors (Lipinski definition) is 5. The second kappa shape index (κ2) is 10.1. The highest BCUT2D eigenvalue weighted by Gasteiger charge is 2.27. The highest BCUT2D eigenvalue weighted by Crippen LogP contribution is 2.27. The topological polar surface area (TPSA) is 82.5 Å². The maximum Gasteiger partial charge on any atom is 0.359 e. The van der Waals surface area contributed by atoms with E-state index in [1.165, 1.54) is 12.1 Å². The van der Waals surface area contributed by atoms with Crippen LogP contribution in [-0.4, -0.2) is 41.4 Å². The fourth-order valence-electron chi connectivity index (χ4n) is 3.69. The van der Waals surface area contributed by atoms with Gasteiger partial charge in [-0.25, -0.2) is 13.9 Å². The van der Waals surface area contributed by atoms with Gasteiger partial charge in [0.15, 0.2) is 12.3 Å². The molecule has 1 aromatic heterocycles. The van der Waals surface area contributed by atoms with E-state index in [0.29, 0.717) is 25.3 Å². The van der Waals surface area contributed by atoms with Crippen molar-refractivity contribution in [2.75, 3.05) is 19.8 Å². The Hall–Kier alpha value is -3.68. The maximum absolute atomic E-state index is 13.3. The Morgan fingerprint density at radius 2 is 1.78 bits per heavy atom. The molecular formula is C24H24FN3O4. The summed E-state index contributed by atoms with van der Waals surface area (Å²) in [7, 11) is 0. The molecule has 0 bridgehead atoms. The lowest BCUT2D eigenvalue weighted by Crippen LogP contribution is -2.32. The molecule has 8 heteroatoms. The molecule has 0 unspecified atom stereocenters. The van der Waals surface area contributed by atoms with E-state index in [-0.39, 0.29) is 11.5 Å². The number of carbonyl (C=O) groups is 2. The lowest BCUT2D eigenvalue weighted by molar-refractivity contribution is -0.124. The van der Waals surface area contributed by atoms with Gasteiger partial charge in [-0.15, -0.1) is 0 Å². The monoisotopic (exact) mass is 437 g/mol. The zero-order valence-corrected chi connectivity index (χ0v) is 17.6. The van der Waals surface area contributed by atoms with Gasteiger partial charge in [0.25, 0.3) is 5.91 Å². The number of para-hydroxylation sites is 1. The third-order valence-corrected chi connectivity index (χ3v) is 5.22. The molecule has 0 aliphatic heterocycles. The molecule has 1 amide bonds. The van der Waals surface area contributed by atoms with E-state index in [1.807, 2.05) is 30.3 Å². The highest BCUT2D eigenvalue weighted by atomic mass is 19.1. The van der Waals surface area contributed by atoms with Crippen LogP contribution in [0.15, 0.2) is 54.6 Å². The summed E-state index contributed by atoms with van der Waals surface area (Å²) in [4.78, 5) is 24.7. The van der Waals surface area contributed by atoms with Gasteiger partial charge in [-0.2, -0.15) is 5.10 Å². The zero-order chi connectivity index (χ0) is 22.3. The number of carbonyl (C=O) groups excluding carboxylic acids is 2. The van der Waals surface area contributed by atoms with Gasteiger partial charge in [0.2, 0.25) is 0 Å². The summed E-state index contributed by atoms with van der Waals surface area (Å²) in [6.07, 6.45) is 3.42. The standard InChI is InChI=1S/C24H24FN3O4/c25-17-10-12-18(13-11-17)28-21-9-5-4-8-20(21)23(27-28)24(30)32-16-22(29)26-14-15-31-19-6-2-1-3-7-19/h1-3,6-7,10-13H,4-5,8-9,14-16H2,(H,26,29). The molecule has 0 spiro atoms. The molecule has 0 radical (unpaired) electrons. The van der Waals surface area contributed by atoms with Crippen LogP contribution in [0.5, 0.6) is 5.75 Å². The quantitative estimate of drug-likeness (QED) is 0.432. The number of nitrogens with one attached hydrogen (secondary N) is 1. The predicted octanol–water partition coefficient (Wildman–Crippen LogP) is 3.24. The van der Waals surface area contributed by atoms with Gasteiger partial charge in [-0.3, -0.25) is 4.79 Å². The van der Waals surface area contributed by atoms with Crippen molar-refractivity contribution in [3.8, 4) is 11.4 Å². The lowest BCUT2D eigenvalue weighted by Gasteiger charge is -2.14. The second-order valence-electron chi connectivity index (χ2n) is 7.46. The molecule has 0 atom stereocenters. The maximum atomic E-state index is 13.3. The third kappa shape index (κ3) is 5.14. The minimum Gasteiger partial charge on any atom is -0.492 e. The lowest BCUT2D eigenvalue weighted by atomic mass is 9.95. The number of esters is 1. The second-order valence-corrected chi connectivity index (χ2v) is 7.46. The fraction of sp³-hybridized carbons (Fsp3) is 0.292. The summed E-state index contributed by atoms with van der Waals surface area (Å²) < 4.78 is 25.7. The van der Waals surface area contributed by atoms with Crippen molar-refractivity contribution < 1.29 is 23.5 Å². The van der Waals surface area contributed by atoms with Crippen LogP contribution in [-0.2, 0) is 22.4 Å². The molecule has 1 heterocycles. The Bertz CT molecular complexity index is 1080. The van der Waals surface area contributed by atoms with Crippen molar-refractivity contribution in [3.63, 3.8) is 0 Å². The Morgan fingerprint density at radius 1 is 1.03 bits per heavy atom. The van der Waals surface area contributed by atoms with E-state index in [9.17, 15) is 14.0 Å². The number of benzene rings is 2. The van der Waals surface area contributed by atoms with Gasteiger partial charge in [-0.05, 0) is 62.1 Å². The average molecular weight is 437 g/mol. The van der Waals surface area contributed by atoms with Crippen LogP contribution < -0.4 is 10.1 Å². The molecule has 0 saturated carbocycles. The molecule has 1 N–H and O–H groups in total. The molecule has 32 heavy (non-hydrogen) atoms. The largest absolute Gasteiger partial charge is 0.492 e. The zero-order valence-electron chi connectivity index (χ0n) is 17.6. The van der Waals surface area contributed by atoms with Crippen LogP contribution in [0.25, 0.3) is 5.69 Å². The van der Waals surface area contributed by atoms with Gasteiger partial charge in [0.05, 0.1) is 12.2 Å². The Labute approximate surface area is 185 Å². The first-order valence-electron chi connectivity index (χ1n) is 10.6. The average Bonchev–Trinajstić information content (AvgIpc) is 3.21. The van der Waals surface area contributed by atoms with Gasteiger partial charge >= 0.3 is 5.97 Å². The summed E-state index contributed by atoms with van der Waals surface area (Å²) in [6, 6.07) is 15.2. The van der Waals surface area contributed by atoms with Crippen LogP contribution in [0.4, 0.5) is 4.39 Å². The molecule has 3 aromatic rings. The third-order valence-electron chi connectivity index (χ3n) is 5.22. The van der Waals surface area contributed by atoms with Gasteiger partial charge < -0.3 is 14.8 Å². The predicted molar refractivity (Wildman–Crippen MR) is 115 cm³/mol. The van der Waals surface area contributed by atoms with Crippen molar-refractivity contribution >= 4 is 11.9 Å². The van der Waals surface area contributed by atoms with E-state index < -0.39 is 18.5 Å². The van der Waals surface area contributed by atoms with Crippen LogP contribution >= 0.6 is 0 Å². The first kappa shape index (κ1) is 21.5. The number of rotatable bonds is 8. The molecule has 7 nitrogen and oxygen atoms in total. The minimum atomic E-state index is -0.639. The molecule has 0 saturated heterocycles. The van der Waals surface area contributed by atoms with E-state index in [2.05, 4.69) is 10.4 Å². The smallest absolute Gasteiger partial charge is 0.359 e. The van der Waals surface area contributed by atoms with Gasteiger partial charge in [-0.1, -0.05) is 18.2 Å². The van der Waals surface area contributed by atoms with Crippen molar-refractivity contribution in [1.29, 1.82) is 0 Å². The number of halogens is 1. The Kier molecular flexibility index (Phi) is 6.79. The molecule has 1 aliphatic rings. The van der Waals surface area contributed by atoms with Gasteiger partial charge in [0, 0.05) is 11.3 Å². The Balaban J connectivity index is 1.34. The summed E-state index contributed by atoms with van der Waals surface area (Å²) in [5.74, 6) is -0.675. The first-order chi connectivity index (χ1) is 15.6. The number of hydrogen-bond donors (Lipinski definition) is 1. The van der Waals surface area contributed by atoms with Crippen LogP contribution in [0.2, 0.25) is 0 Å². The minimum absolute atomic E-state index is 0.212. The summed E-state index contributed by atoms with van der Waals surface area (Å²) in [5, 5.41) is 7.10. The van der Waals surface area contributed by atoms with E-state index >= 15 is 0 Å². The normalized spacial score (nSPS) is 12.7. The molecular weight excluding hydrogens is 413 g/mol. The van der Waals surface area contributed by atoms with Crippen molar-refractivity contribution in [2.45, 2.75) is 25.7 Å². The molecule has 166 valence electrons. The number of amides is 1. The van der Waals surface area contributed by atoms with Crippen LogP contribution in [0.3, 0.4) is 0 Å². The van der Waals surface area contributed by atoms with Crippen LogP contribution in [0.1, 0.15) is 34.6 Å². The molecule has 1 aliphatic carbocycles. The van der Waals surface area contributed by atoms with Crippen molar-refractivity contribution in [1.82, 2.24) is 15.1 Å². The first-order valence-corrected chi connectivity index (χ1v) is 10.6. The number of aromatic nitrogens is 2. The summed E-state index contributed by atoms with van der Waals surface area (Å²) in [5.41, 5.74) is 2.66. The van der Waals surface area contributed by atoms with Crippen LogP contribution in [0, 0.1) is 5.82 Å². The Morgan fingerprint density at radius 3 is 2.56 bits per heavy atom. The number of ether oxygens (including phenoxy) is 2. The van der Waals surface area contributed by atoms with E-state index in [4.69, 9.17) is 9.47 Å². The molecule has 0 fully saturated rings. The van der Waals surface area contributed by atoms with Gasteiger partial charge in [0.1, 0.15) is 18.2 Å². The summed E-state index contributed by atoms with van der Waals surface area (Å²) >= 11 is 0. The van der Waals surface area contributed by atoms with Crippen molar-refractivity contribution in [3.05, 3.63) is 77.4 Å². The van der Waals surface area contributed by atoms with E-state index in [0.717, 1.165) is 36.3 Å². The highest BCUT2D eigenvalue weighted by molar-refractivity contribution is 5.91.